The molecule has 7 rings (SSSR count). The number of tetrazole rings is 1. The highest BCUT2D eigenvalue weighted by atomic mass is 32.2. The smallest absolute Gasteiger partial charge is 0.316 e. The molecule has 17 nitrogen and oxygen atoms in total. The van der Waals surface area contributed by atoms with Crippen molar-refractivity contribution in [1.82, 2.24) is 45.3 Å². The first kappa shape index (κ1) is 37.3. The number of halogens is 2. The van der Waals surface area contributed by atoms with E-state index in [1.54, 1.807) is 40.0 Å². The van der Waals surface area contributed by atoms with Gasteiger partial charge in [0.05, 0.1) is 24.3 Å². The minimum absolute atomic E-state index is 0.00522. The van der Waals surface area contributed by atoms with Crippen LogP contribution in [0.15, 0.2) is 28.7 Å². The van der Waals surface area contributed by atoms with Crippen LogP contribution in [0.2, 0.25) is 0 Å². The summed E-state index contributed by atoms with van der Waals surface area (Å²) in [6.07, 6.45) is 2.84. The van der Waals surface area contributed by atoms with Crippen molar-refractivity contribution in [2.75, 3.05) is 19.0 Å². The van der Waals surface area contributed by atoms with Crippen molar-refractivity contribution in [1.29, 1.82) is 0 Å². The van der Waals surface area contributed by atoms with Gasteiger partial charge in [0.1, 0.15) is 23.4 Å². The maximum atomic E-state index is 14.6. The molecule has 0 unspecified atom stereocenters. The zero-order chi connectivity index (χ0) is 38.6. The molecule has 8 bridgehead atoms. The van der Waals surface area contributed by atoms with E-state index in [9.17, 15) is 31.6 Å². The van der Waals surface area contributed by atoms with E-state index in [4.69, 9.17) is 9.15 Å². The van der Waals surface area contributed by atoms with Crippen LogP contribution in [0.25, 0.3) is 17.5 Å². The van der Waals surface area contributed by atoms with Crippen molar-refractivity contribution in [3.63, 3.8) is 0 Å². The Balaban J connectivity index is 1.24. The van der Waals surface area contributed by atoms with E-state index in [-0.39, 0.29) is 24.8 Å². The zero-order valence-corrected chi connectivity index (χ0v) is 31.0. The fourth-order valence-electron chi connectivity index (χ4n) is 6.94. The average Bonchev–Trinajstić information content (AvgIpc) is 3.92. The monoisotopic (exact) mass is 772 g/mol. The number of sulfonamides is 1. The third kappa shape index (κ3) is 7.39. The standard InChI is InChI=1S/C34H42F2N10O7S/c1-33(2,3)26-30(48)45-17-20(15-23(45)29(47)38-34(16-22(34)27(35)36)31(49)43-54(50,51)21-11-12-21)46-42-28(40-44-46)19-10-13-24(52-4)18(14-19)8-6-5-7-9-25-39-41-32(37-26)53-25/h6,8,10,13-14,20-23,26-27H,5,7,9,11-12,15-17H2,1-4H3,(H,37,41)(H,38,47)(H,43,49)/b8-6+/t20-,22+,23+,26-,34-/m1/s1. The number of hydrogen-bond donors (Lipinski definition) is 3. The van der Waals surface area contributed by atoms with Crippen LogP contribution in [0.3, 0.4) is 0 Å². The molecule has 3 aromatic rings. The van der Waals surface area contributed by atoms with Gasteiger partial charge in [-0.15, -0.1) is 15.3 Å². The van der Waals surface area contributed by atoms with E-state index in [0.29, 0.717) is 49.3 Å². The highest BCUT2D eigenvalue weighted by Gasteiger charge is 2.67. The minimum atomic E-state index is -4.11. The number of hydrogen-bond acceptors (Lipinski definition) is 13. The van der Waals surface area contributed by atoms with Crippen LogP contribution >= 0.6 is 0 Å². The molecule has 5 atom stereocenters. The molecule has 1 saturated heterocycles. The lowest BCUT2D eigenvalue weighted by Crippen LogP contribution is -2.59. The lowest BCUT2D eigenvalue weighted by atomic mass is 9.85. The lowest BCUT2D eigenvalue weighted by molar-refractivity contribution is -0.141. The minimum Gasteiger partial charge on any atom is -0.496 e. The Hall–Kier alpha value is -5.01. The summed E-state index contributed by atoms with van der Waals surface area (Å²) in [6.45, 7) is 5.32. The first-order valence-corrected chi connectivity index (χ1v) is 19.3. The molecule has 20 heteroatoms. The number of nitrogens with one attached hydrogen (secondary N) is 3. The number of aryl methyl sites for hydroxylation is 1. The van der Waals surface area contributed by atoms with E-state index in [1.165, 1.54) is 9.70 Å². The van der Waals surface area contributed by atoms with Gasteiger partial charge in [-0.2, -0.15) is 4.80 Å². The Morgan fingerprint density at radius 3 is 2.63 bits per heavy atom. The Bertz CT molecular complexity index is 2080. The number of amides is 3. The molecular formula is C34H42F2N10O7S. The van der Waals surface area contributed by atoms with Crippen molar-refractivity contribution in [3.05, 3.63) is 35.7 Å². The van der Waals surface area contributed by atoms with Crippen LogP contribution in [-0.4, -0.2) is 104 Å². The molecule has 2 aromatic heterocycles. The molecular weight excluding hydrogens is 730 g/mol. The second-order valence-electron chi connectivity index (χ2n) is 15.3. The molecule has 3 N–H and O–H groups in total. The molecule has 0 radical (unpaired) electrons. The molecule has 4 aliphatic rings. The lowest BCUT2D eigenvalue weighted by Gasteiger charge is -2.35. The number of methoxy groups -OCH3 is 1. The Morgan fingerprint density at radius 2 is 1.94 bits per heavy atom. The van der Waals surface area contributed by atoms with Crippen molar-refractivity contribution >= 4 is 39.8 Å². The molecule has 2 aliphatic heterocycles. The number of alkyl halides is 2. The SMILES string of the molecule is COc1ccc2cc1/C=C/CCCc1nnc(o1)N[C@@H](C(C)(C)C)C(=O)N1C[C@@H](C[C@H]1C(=O)N[C@]1(C(=O)NS(=O)(=O)C3CC3)C[C@H]1C(F)F)n1nnc-2n1. The van der Waals surface area contributed by atoms with Gasteiger partial charge in [0.2, 0.25) is 40.0 Å². The number of allylic oxidation sites excluding steroid dienone is 1. The van der Waals surface area contributed by atoms with Gasteiger partial charge in [-0.05, 0) is 60.9 Å². The Labute approximate surface area is 309 Å². The van der Waals surface area contributed by atoms with Crippen molar-refractivity contribution in [3.8, 4) is 17.1 Å². The predicted molar refractivity (Wildman–Crippen MR) is 187 cm³/mol. The second kappa shape index (κ2) is 14.0. The van der Waals surface area contributed by atoms with Crippen LogP contribution in [0, 0.1) is 11.3 Å². The van der Waals surface area contributed by atoms with Gasteiger partial charge in [0.15, 0.2) is 0 Å². The number of carbonyl (C=O) groups excluding carboxylic acids is 3. The van der Waals surface area contributed by atoms with Crippen molar-refractivity contribution < 1.29 is 40.7 Å². The van der Waals surface area contributed by atoms with Crippen molar-refractivity contribution in [2.45, 2.75) is 101 Å². The van der Waals surface area contributed by atoms with Crippen LogP contribution < -0.4 is 20.1 Å². The topological polar surface area (TPSA) is 216 Å². The molecule has 3 amide bonds. The third-order valence-corrected chi connectivity index (χ3v) is 12.1. The molecule has 1 aromatic carbocycles. The third-order valence-electron chi connectivity index (χ3n) is 10.3. The summed E-state index contributed by atoms with van der Waals surface area (Å²) in [6, 6.07) is 2.36. The van der Waals surface area contributed by atoms with Gasteiger partial charge in [-0.1, -0.05) is 38.0 Å². The quantitative estimate of drug-likeness (QED) is 0.315. The van der Waals surface area contributed by atoms with Gasteiger partial charge in [0, 0.05) is 30.5 Å². The first-order chi connectivity index (χ1) is 25.6. The number of aromatic nitrogens is 6. The number of nitrogens with zero attached hydrogens (tertiary/aromatic N) is 7. The van der Waals surface area contributed by atoms with E-state index in [1.807, 2.05) is 22.9 Å². The Morgan fingerprint density at radius 1 is 1.17 bits per heavy atom. The molecule has 54 heavy (non-hydrogen) atoms. The summed E-state index contributed by atoms with van der Waals surface area (Å²) in [7, 11) is -2.55. The number of fused-ring (bicyclic) bond motifs is 10. The fraction of sp³-hybridized carbons (Fsp3) is 0.588. The highest BCUT2D eigenvalue weighted by molar-refractivity contribution is 7.91. The summed E-state index contributed by atoms with van der Waals surface area (Å²) in [5, 5.41) is 26.0. The molecule has 2 aliphatic carbocycles. The van der Waals surface area contributed by atoms with Gasteiger partial charge < -0.3 is 24.7 Å². The van der Waals surface area contributed by atoms with Crippen LogP contribution in [-0.2, 0) is 30.8 Å². The van der Waals surface area contributed by atoms with E-state index >= 15 is 0 Å². The van der Waals surface area contributed by atoms with E-state index in [2.05, 4.69) is 36.2 Å². The fourth-order valence-corrected chi connectivity index (χ4v) is 8.31. The van der Waals surface area contributed by atoms with Crippen LogP contribution in [0.1, 0.15) is 76.8 Å². The van der Waals surface area contributed by atoms with Gasteiger partial charge >= 0.3 is 6.01 Å². The average molecular weight is 773 g/mol. The number of ether oxygens (including phenoxy) is 1. The summed E-state index contributed by atoms with van der Waals surface area (Å²) in [5.74, 6) is -3.07. The van der Waals surface area contributed by atoms with Gasteiger partial charge in [-0.25, -0.2) is 17.2 Å². The molecule has 290 valence electrons. The largest absolute Gasteiger partial charge is 0.496 e. The maximum absolute atomic E-state index is 14.6. The van der Waals surface area contributed by atoms with Gasteiger partial charge in [-0.3, -0.25) is 19.1 Å². The number of carbonyl (C=O) groups is 3. The molecule has 2 saturated carbocycles. The summed E-state index contributed by atoms with van der Waals surface area (Å²) in [5.41, 5.74) is -1.57. The van der Waals surface area contributed by atoms with Crippen LogP contribution in [0.4, 0.5) is 14.8 Å². The normalized spacial score (nSPS) is 26.5. The highest BCUT2D eigenvalue weighted by Crippen LogP contribution is 2.48. The summed E-state index contributed by atoms with van der Waals surface area (Å²) >= 11 is 0. The van der Waals surface area contributed by atoms with Crippen LogP contribution in [0.5, 0.6) is 5.75 Å². The molecule has 0 spiro atoms. The second-order valence-corrected chi connectivity index (χ2v) is 17.3. The molecule has 3 fully saturated rings. The maximum Gasteiger partial charge on any atom is 0.316 e. The first-order valence-electron chi connectivity index (χ1n) is 17.8. The zero-order valence-electron chi connectivity index (χ0n) is 30.2. The summed E-state index contributed by atoms with van der Waals surface area (Å²) in [4.78, 5) is 44.8. The Kier molecular flexibility index (Phi) is 9.68. The number of anilines is 1. The van der Waals surface area contributed by atoms with E-state index < -0.39 is 80.8 Å². The summed E-state index contributed by atoms with van der Waals surface area (Å²) < 4.78 is 66.8. The predicted octanol–water partition coefficient (Wildman–Crippen LogP) is 2.50. The van der Waals surface area contributed by atoms with Crippen molar-refractivity contribution in [2.24, 2.45) is 11.3 Å². The number of benzene rings is 1. The molecule has 4 heterocycles. The van der Waals surface area contributed by atoms with E-state index in [0.717, 1.165) is 5.56 Å². The van der Waals surface area contributed by atoms with Gasteiger partial charge in [0.25, 0.3) is 5.91 Å². The number of rotatable bonds is 7.